The van der Waals surface area contributed by atoms with Gasteiger partial charge in [-0.05, 0) is 30.7 Å². The smallest absolute Gasteiger partial charge is 0.333 e. The Hall–Kier alpha value is -1.28. The molecule has 0 atom stereocenters. The number of carbonyl (C=O) groups excluding carboxylic acids is 1. The van der Waals surface area contributed by atoms with Gasteiger partial charge in [0, 0.05) is 10.6 Å². The molecule has 74 valence electrons. The highest BCUT2D eigenvalue weighted by Crippen LogP contribution is 2.12. The Balaban J connectivity index is 2.86. The highest BCUT2D eigenvalue weighted by molar-refractivity contribution is 6.30. The fraction of sp³-hybridized carbons (Fsp3) is 0.182. The van der Waals surface area contributed by atoms with E-state index >= 15 is 0 Å². The first-order valence-electron chi connectivity index (χ1n) is 4.15. The van der Waals surface area contributed by atoms with Gasteiger partial charge in [0.25, 0.3) is 0 Å². The van der Waals surface area contributed by atoms with E-state index < -0.39 is 0 Å². The maximum absolute atomic E-state index is 11.1. The number of esters is 1. The van der Waals surface area contributed by atoms with Crippen LogP contribution in [0.3, 0.4) is 0 Å². The van der Waals surface area contributed by atoms with Crippen LogP contribution < -0.4 is 0 Å². The van der Waals surface area contributed by atoms with Crippen molar-refractivity contribution < 1.29 is 9.53 Å². The predicted octanol–water partition coefficient (Wildman–Crippen LogP) is 2.92. The van der Waals surface area contributed by atoms with E-state index in [0.717, 1.165) is 5.56 Å². The summed E-state index contributed by atoms with van der Waals surface area (Å²) in [7, 11) is 1.36. The van der Waals surface area contributed by atoms with Crippen molar-refractivity contribution in [2.45, 2.75) is 6.92 Å². The molecule has 0 aliphatic heterocycles. The second-order valence-corrected chi connectivity index (χ2v) is 3.31. The van der Waals surface area contributed by atoms with E-state index in [1.54, 1.807) is 25.1 Å². The van der Waals surface area contributed by atoms with Crippen molar-refractivity contribution in [1.29, 1.82) is 0 Å². The Morgan fingerprint density at radius 3 is 2.43 bits per heavy atom. The predicted molar refractivity (Wildman–Crippen MR) is 57.1 cm³/mol. The molecular formula is C11H11ClO2. The first-order valence-corrected chi connectivity index (χ1v) is 4.53. The Labute approximate surface area is 88.1 Å². The van der Waals surface area contributed by atoms with Crippen LogP contribution >= 0.6 is 11.6 Å². The maximum atomic E-state index is 11.1. The molecule has 0 amide bonds. The van der Waals surface area contributed by atoms with Crippen LogP contribution in [0.2, 0.25) is 5.02 Å². The molecule has 0 aliphatic rings. The molecule has 1 aromatic rings. The summed E-state index contributed by atoms with van der Waals surface area (Å²) >= 11 is 5.73. The van der Waals surface area contributed by atoms with Gasteiger partial charge in [0.05, 0.1) is 7.11 Å². The van der Waals surface area contributed by atoms with E-state index in [1.807, 2.05) is 12.1 Å². The Morgan fingerprint density at radius 1 is 1.36 bits per heavy atom. The molecule has 0 radical (unpaired) electrons. The fourth-order valence-corrected chi connectivity index (χ4v) is 1.15. The first-order chi connectivity index (χ1) is 6.63. The fourth-order valence-electron chi connectivity index (χ4n) is 1.03. The standard InChI is InChI=1S/C11H11ClO2/c1-8(11(13)14-2)7-9-3-5-10(12)6-4-9/h3-7H,1-2H3. The number of benzene rings is 1. The van der Waals surface area contributed by atoms with E-state index in [9.17, 15) is 4.79 Å². The van der Waals surface area contributed by atoms with Gasteiger partial charge in [-0.3, -0.25) is 0 Å². The van der Waals surface area contributed by atoms with Gasteiger partial charge in [-0.25, -0.2) is 4.79 Å². The molecule has 3 heteroatoms. The van der Waals surface area contributed by atoms with Crippen molar-refractivity contribution in [3.05, 3.63) is 40.4 Å². The molecule has 0 aromatic heterocycles. The van der Waals surface area contributed by atoms with Crippen LogP contribution in [0.4, 0.5) is 0 Å². The lowest BCUT2D eigenvalue weighted by molar-refractivity contribution is -0.135. The van der Waals surface area contributed by atoms with Crippen LogP contribution in [0, 0.1) is 0 Å². The normalized spacial score (nSPS) is 11.2. The molecule has 0 spiro atoms. The van der Waals surface area contributed by atoms with Crippen molar-refractivity contribution in [2.24, 2.45) is 0 Å². The number of halogens is 1. The number of rotatable bonds is 2. The zero-order valence-electron chi connectivity index (χ0n) is 8.08. The van der Waals surface area contributed by atoms with Crippen molar-refractivity contribution in [2.75, 3.05) is 7.11 Å². The molecule has 0 bridgehead atoms. The summed E-state index contributed by atoms with van der Waals surface area (Å²) < 4.78 is 4.57. The molecule has 0 N–H and O–H groups in total. The SMILES string of the molecule is COC(=O)C(C)=Cc1ccc(Cl)cc1. The molecule has 1 rings (SSSR count). The van der Waals surface area contributed by atoms with Crippen molar-refractivity contribution in [3.63, 3.8) is 0 Å². The minimum absolute atomic E-state index is 0.319. The van der Waals surface area contributed by atoms with Crippen LogP contribution in [0.5, 0.6) is 0 Å². The second kappa shape index (κ2) is 4.82. The zero-order valence-corrected chi connectivity index (χ0v) is 8.84. The van der Waals surface area contributed by atoms with E-state index in [4.69, 9.17) is 11.6 Å². The van der Waals surface area contributed by atoms with Gasteiger partial charge < -0.3 is 4.74 Å². The lowest BCUT2D eigenvalue weighted by Gasteiger charge is -1.99. The summed E-state index contributed by atoms with van der Waals surface area (Å²) in [6.07, 6.45) is 1.75. The minimum atomic E-state index is -0.319. The number of methoxy groups -OCH3 is 1. The average Bonchev–Trinajstić information content (AvgIpc) is 2.20. The molecule has 0 unspecified atom stereocenters. The summed E-state index contributed by atoms with van der Waals surface area (Å²) in [6, 6.07) is 7.24. The Morgan fingerprint density at radius 2 is 1.93 bits per heavy atom. The van der Waals surface area contributed by atoms with Gasteiger partial charge in [-0.1, -0.05) is 23.7 Å². The molecule has 0 saturated carbocycles. The van der Waals surface area contributed by atoms with E-state index in [2.05, 4.69) is 4.74 Å². The van der Waals surface area contributed by atoms with Gasteiger partial charge in [-0.2, -0.15) is 0 Å². The first kappa shape index (κ1) is 10.8. The summed E-state index contributed by atoms with van der Waals surface area (Å²) in [5.74, 6) is -0.319. The van der Waals surface area contributed by atoms with Gasteiger partial charge in [-0.15, -0.1) is 0 Å². The van der Waals surface area contributed by atoms with Crippen molar-refractivity contribution in [3.8, 4) is 0 Å². The summed E-state index contributed by atoms with van der Waals surface area (Å²) in [5, 5.41) is 0.679. The monoisotopic (exact) mass is 210 g/mol. The molecule has 0 aliphatic carbocycles. The van der Waals surface area contributed by atoms with Crippen LogP contribution in [0.1, 0.15) is 12.5 Å². The third-order valence-corrected chi connectivity index (χ3v) is 2.01. The molecule has 0 fully saturated rings. The zero-order chi connectivity index (χ0) is 10.6. The van der Waals surface area contributed by atoms with Crippen molar-refractivity contribution >= 4 is 23.6 Å². The molecule has 14 heavy (non-hydrogen) atoms. The molecule has 0 saturated heterocycles. The van der Waals surface area contributed by atoms with Crippen molar-refractivity contribution in [1.82, 2.24) is 0 Å². The quantitative estimate of drug-likeness (QED) is 0.554. The topological polar surface area (TPSA) is 26.3 Å². The van der Waals surface area contributed by atoms with Gasteiger partial charge in [0.2, 0.25) is 0 Å². The third-order valence-electron chi connectivity index (χ3n) is 1.76. The van der Waals surface area contributed by atoms with Crippen LogP contribution in [0.15, 0.2) is 29.8 Å². The average molecular weight is 211 g/mol. The number of hydrogen-bond acceptors (Lipinski definition) is 2. The summed E-state index contributed by atoms with van der Waals surface area (Å²) in [5.41, 5.74) is 1.49. The second-order valence-electron chi connectivity index (χ2n) is 2.87. The largest absolute Gasteiger partial charge is 0.466 e. The number of carbonyl (C=O) groups is 1. The van der Waals surface area contributed by atoms with E-state index in [1.165, 1.54) is 7.11 Å². The Bertz CT molecular complexity index is 352. The number of hydrogen-bond donors (Lipinski definition) is 0. The number of ether oxygens (including phenoxy) is 1. The maximum Gasteiger partial charge on any atom is 0.333 e. The highest BCUT2D eigenvalue weighted by atomic mass is 35.5. The molecule has 1 aromatic carbocycles. The lowest BCUT2D eigenvalue weighted by Crippen LogP contribution is -2.00. The van der Waals surface area contributed by atoms with Gasteiger partial charge >= 0.3 is 5.97 Å². The molecule has 0 heterocycles. The Kier molecular flexibility index (Phi) is 3.72. The minimum Gasteiger partial charge on any atom is -0.466 e. The van der Waals surface area contributed by atoms with Crippen LogP contribution in [-0.2, 0) is 9.53 Å². The summed E-state index contributed by atoms with van der Waals surface area (Å²) in [4.78, 5) is 11.1. The van der Waals surface area contributed by atoms with E-state index in [0.29, 0.717) is 10.6 Å². The highest BCUT2D eigenvalue weighted by Gasteiger charge is 2.02. The van der Waals surface area contributed by atoms with Gasteiger partial charge in [0.1, 0.15) is 0 Å². The molecule has 2 nitrogen and oxygen atoms in total. The van der Waals surface area contributed by atoms with Crippen LogP contribution in [0.25, 0.3) is 6.08 Å². The van der Waals surface area contributed by atoms with E-state index in [-0.39, 0.29) is 5.97 Å². The summed E-state index contributed by atoms with van der Waals surface area (Å²) in [6.45, 7) is 1.71. The molecular weight excluding hydrogens is 200 g/mol. The van der Waals surface area contributed by atoms with Gasteiger partial charge in [0.15, 0.2) is 0 Å². The van der Waals surface area contributed by atoms with Crippen LogP contribution in [-0.4, -0.2) is 13.1 Å². The lowest BCUT2D eigenvalue weighted by atomic mass is 10.1. The third kappa shape index (κ3) is 2.89.